The minimum atomic E-state index is -1.01. The summed E-state index contributed by atoms with van der Waals surface area (Å²) in [6.45, 7) is 3.53. The molecule has 1 heterocycles. The van der Waals surface area contributed by atoms with E-state index in [1.54, 1.807) is 26.2 Å². The molecule has 0 aliphatic rings. The fraction of sp³-hybridized carbons (Fsp3) is 0.545. The van der Waals surface area contributed by atoms with Crippen LogP contribution in [0.3, 0.4) is 0 Å². The number of amides is 2. The number of nitrogens with one attached hydrogen (secondary N) is 2. The summed E-state index contributed by atoms with van der Waals surface area (Å²) in [6, 6.07) is -1.47. The van der Waals surface area contributed by atoms with Crippen molar-refractivity contribution >= 4 is 12.0 Å². The summed E-state index contributed by atoms with van der Waals surface area (Å²) in [5.74, 6) is -1.01. The largest absolute Gasteiger partial charge is 0.480 e. The number of carbonyl (C=O) groups is 2. The molecule has 18 heavy (non-hydrogen) atoms. The van der Waals surface area contributed by atoms with E-state index in [1.165, 1.54) is 11.9 Å². The third-order valence-electron chi connectivity index (χ3n) is 2.82. The highest BCUT2D eigenvalue weighted by Gasteiger charge is 2.25. The maximum atomic E-state index is 11.9. The van der Waals surface area contributed by atoms with Crippen LogP contribution in [0.5, 0.6) is 0 Å². The summed E-state index contributed by atoms with van der Waals surface area (Å²) in [7, 11) is 1.47. The van der Waals surface area contributed by atoms with Crippen molar-refractivity contribution in [2.45, 2.75) is 32.4 Å². The predicted molar refractivity (Wildman–Crippen MR) is 65.0 cm³/mol. The van der Waals surface area contributed by atoms with Crippen molar-refractivity contribution in [1.82, 2.24) is 20.4 Å². The molecule has 2 unspecified atom stereocenters. The number of aromatic nitrogens is 2. The molecule has 0 aliphatic carbocycles. The van der Waals surface area contributed by atoms with Gasteiger partial charge in [-0.3, -0.25) is 5.10 Å². The number of nitrogens with zero attached hydrogens (tertiary/aromatic N) is 2. The van der Waals surface area contributed by atoms with Crippen LogP contribution in [0.25, 0.3) is 0 Å². The quantitative estimate of drug-likeness (QED) is 0.729. The van der Waals surface area contributed by atoms with E-state index in [9.17, 15) is 9.59 Å². The molecule has 0 radical (unpaired) electrons. The summed E-state index contributed by atoms with van der Waals surface area (Å²) in [4.78, 5) is 24.0. The average Bonchev–Trinajstić information content (AvgIpc) is 2.82. The van der Waals surface area contributed by atoms with Crippen molar-refractivity contribution in [1.29, 1.82) is 0 Å². The number of rotatable bonds is 5. The van der Waals surface area contributed by atoms with Crippen LogP contribution in [0.1, 0.15) is 31.9 Å². The molecule has 0 fully saturated rings. The van der Waals surface area contributed by atoms with Gasteiger partial charge in [-0.2, -0.15) is 5.10 Å². The van der Waals surface area contributed by atoms with Crippen LogP contribution >= 0.6 is 0 Å². The first-order chi connectivity index (χ1) is 8.47. The minimum absolute atomic E-state index is 0.231. The monoisotopic (exact) mass is 254 g/mol. The summed E-state index contributed by atoms with van der Waals surface area (Å²) in [6.07, 6.45) is 3.65. The van der Waals surface area contributed by atoms with Gasteiger partial charge in [-0.25, -0.2) is 9.59 Å². The second-order valence-electron chi connectivity index (χ2n) is 4.08. The molecule has 2 amide bonds. The van der Waals surface area contributed by atoms with E-state index < -0.39 is 18.0 Å². The molecule has 0 saturated heterocycles. The number of aromatic amines is 1. The van der Waals surface area contributed by atoms with Crippen molar-refractivity contribution in [3.63, 3.8) is 0 Å². The van der Waals surface area contributed by atoms with Crippen molar-refractivity contribution in [3.05, 3.63) is 18.0 Å². The minimum Gasteiger partial charge on any atom is -0.480 e. The third kappa shape index (κ3) is 3.22. The van der Waals surface area contributed by atoms with Crippen LogP contribution in [0.4, 0.5) is 4.79 Å². The molecule has 0 aromatic carbocycles. The summed E-state index contributed by atoms with van der Waals surface area (Å²) >= 11 is 0. The standard InChI is InChI=1S/C11H18N4O3/c1-4-9(10(16)17)15(3)11(18)14-7(2)8-5-12-13-6-8/h5-7,9H,4H2,1-3H3,(H,12,13)(H,14,18)(H,16,17). The van der Waals surface area contributed by atoms with Crippen LogP contribution in [0.2, 0.25) is 0 Å². The van der Waals surface area contributed by atoms with E-state index in [-0.39, 0.29) is 6.04 Å². The Labute approximate surface area is 105 Å². The lowest BCUT2D eigenvalue weighted by atomic mass is 10.2. The van der Waals surface area contributed by atoms with Gasteiger partial charge < -0.3 is 15.3 Å². The van der Waals surface area contributed by atoms with Crippen LogP contribution in [0, 0.1) is 0 Å². The molecule has 0 saturated carbocycles. The van der Waals surface area contributed by atoms with Gasteiger partial charge in [-0.15, -0.1) is 0 Å². The van der Waals surface area contributed by atoms with Crippen LogP contribution < -0.4 is 5.32 Å². The van der Waals surface area contributed by atoms with E-state index in [2.05, 4.69) is 15.5 Å². The first kappa shape index (κ1) is 14.0. The molecule has 0 spiro atoms. The molecule has 7 heteroatoms. The lowest BCUT2D eigenvalue weighted by molar-refractivity contribution is -0.141. The fourth-order valence-electron chi connectivity index (χ4n) is 1.62. The van der Waals surface area contributed by atoms with Crippen molar-refractivity contribution in [2.75, 3.05) is 7.05 Å². The van der Waals surface area contributed by atoms with Gasteiger partial charge in [0.05, 0.1) is 12.2 Å². The summed E-state index contributed by atoms with van der Waals surface area (Å²) < 4.78 is 0. The predicted octanol–water partition coefficient (Wildman–Crippen LogP) is 0.975. The maximum Gasteiger partial charge on any atom is 0.326 e. The third-order valence-corrected chi connectivity index (χ3v) is 2.82. The molecule has 1 aromatic rings. The van der Waals surface area contributed by atoms with Gasteiger partial charge in [0.2, 0.25) is 0 Å². The van der Waals surface area contributed by atoms with Gasteiger partial charge in [0, 0.05) is 18.8 Å². The van der Waals surface area contributed by atoms with E-state index in [0.29, 0.717) is 6.42 Å². The number of carbonyl (C=O) groups excluding carboxylic acids is 1. The Balaban J connectivity index is 2.62. The van der Waals surface area contributed by atoms with Gasteiger partial charge in [0.1, 0.15) is 6.04 Å². The molecule has 2 atom stereocenters. The van der Waals surface area contributed by atoms with Crippen molar-refractivity contribution < 1.29 is 14.7 Å². The molecule has 0 aliphatic heterocycles. The van der Waals surface area contributed by atoms with Crippen molar-refractivity contribution in [3.8, 4) is 0 Å². The highest BCUT2D eigenvalue weighted by atomic mass is 16.4. The van der Waals surface area contributed by atoms with E-state index in [1.807, 2.05) is 0 Å². The molecule has 0 bridgehead atoms. The Morgan fingerprint density at radius 3 is 2.72 bits per heavy atom. The first-order valence-corrected chi connectivity index (χ1v) is 5.72. The molecule has 1 aromatic heterocycles. The number of aliphatic carboxylic acids is 1. The summed E-state index contributed by atoms with van der Waals surface area (Å²) in [5, 5.41) is 18.1. The highest BCUT2D eigenvalue weighted by molar-refractivity contribution is 5.82. The number of urea groups is 1. The number of carboxylic acids is 1. The number of likely N-dealkylation sites (N-methyl/N-ethyl adjacent to an activating group) is 1. The first-order valence-electron chi connectivity index (χ1n) is 5.72. The molecular weight excluding hydrogens is 236 g/mol. The summed E-state index contributed by atoms with van der Waals surface area (Å²) in [5.41, 5.74) is 0.833. The lowest BCUT2D eigenvalue weighted by Crippen LogP contribution is -2.47. The van der Waals surface area contributed by atoms with Gasteiger partial charge in [-0.1, -0.05) is 6.92 Å². The maximum absolute atomic E-state index is 11.9. The van der Waals surface area contributed by atoms with E-state index >= 15 is 0 Å². The SMILES string of the molecule is CCC(C(=O)O)N(C)C(=O)NC(C)c1cn[nH]c1. The number of carboxylic acid groups (broad SMARTS) is 1. The van der Waals surface area contributed by atoms with Gasteiger partial charge in [0.15, 0.2) is 0 Å². The van der Waals surface area contributed by atoms with Crippen LogP contribution in [-0.2, 0) is 4.79 Å². The number of H-pyrrole nitrogens is 1. The number of hydrogen-bond acceptors (Lipinski definition) is 3. The topological polar surface area (TPSA) is 98.3 Å². The Bertz CT molecular complexity index is 404. The zero-order chi connectivity index (χ0) is 13.7. The van der Waals surface area contributed by atoms with E-state index in [0.717, 1.165) is 5.56 Å². The average molecular weight is 254 g/mol. The molecule has 1 rings (SSSR count). The normalized spacial score (nSPS) is 13.7. The van der Waals surface area contributed by atoms with E-state index in [4.69, 9.17) is 5.11 Å². The Morgan fingerprint density at radius 1 is 1.61 bits per heavy atom. The Hall–Kier alpha value is -2.05. The van der Waals surface area contributed by atoms with Crippen LogP contribution in [0.15, 0.2) is 12.4 Å². The number of hydrogen-bond donors (Lipinski definition) is 3. The van der Waals surface area contributed by atoms with Crippen LogP contribution in [-0.4, -0.2) is 45.3 Å². The fourth-order valence-corrected chi connectivity index (χ4v) is 1.62. The zero-order valence-corrected chi connectivity index (χ0v) is 10.7. The second kappa shape index (κ2) is 6.04. The molecular formula is C11H18N4O3. The van der Waals surface area contributed by atoms with Gasteiger partial charge >= 0.3 is 12.0 Å². The Kier molecular flexibility index (Phi) is 4.70. The molecule has 3 N–H and O–H groups in total. The zero-order valence-electron chi connectivity index (χ0n) is 10.7. The van der Waals surface area contributed by atoms with Gasteiger partial charge in [0.25, 0.3) is 0 Å². The lowest BCUT2D eigenvalue weighted by Gasteiger charge is -2.25. The smallest absolute Gasteiger partial charge is 0.326 e. The molecule has 100 valence electrons. The van der Waals surface area contributed by atoms with Crippen molar-refractivity contribution in [2.24, 2.45) is 0 Å². The van der Waals surface area contributed by atoms with Gasteiger partial charge in [-0.05, 0) is 13.3 Å². The second-order valence-corrected chi connectivity index (χ2v) is 4.08. The molecule has 7 nitrogen and oxygen atoms in total. The highest BCUT2D eigenvalue weighted by Crippen LogP contribution is 2.10. The Morgan fingerprint density at radius 2 is 2.28 bits per heavy atom.